The molecule has 1 aromatic rings. The fourth-order valence-electron chi connectivity index (χ4n) is 2.03. The fourth-order valence-corrected chi connectivity index (χ4v) is 2.03. The lowest BCUT2D eigenvalue weighted by molar-refractivity contribution is -0.127. The summed E-state index contributed by atoms with van der Waals surface area (Å²) in [6.45, 7) is 7.04. The van der Waals surface area contributed by atoms with Crippen molar-refractivity contribution >= 4 is 17.8 Å². The monoisotopic (exact) mass is 359 g/mol. The van der Waals surface area contributed by atoms with Crippen molar-refractivity contribution in [2.75, 3.05) is 40.8 Å². The van der Waals surface area contributed by atoms with E-state index in [9.17, 15) is 9.59 Å². The molecular weight excluding hydrogens is 330 g/mol. The van der Waals surface area contributed by atoms with E-state index in [1.807, 2.05) is 25.1 Å². The molecule has 0 bridgehead atoms. The van der Waals surface area contributed by atoms with E-state index in [2.05, 4.69) is 27.5 Å². The third kappa shape index (κ3) is 7.83. The Morgan fingerprint density at radius 3 is 2.58 bits per heavy atom. The molecule has 1 rings (SSSR count). The van der Waals surface area contributed by atoms with Crippen molar-refractivity contribution in [3.05, 3.63) is 47.5 Å². The minimum Gasteiger partial charge on any atom is -0.356 e. The van der Waals surface area contributed by atoms with Gasteiger partial charge in [0, 0.05) is 39.8 Å². The first kappa shape index (κ1) is 21.2. The molecular formula is C19H29N5O2. The van der Waals surface area contributed by atoms with Gasteiger partial charge in [0.15, 0.2) is 5.96 Å². The second-order valence-electron chi connectivity index (χ2n) is 6.22. The van der Waals surface area contributed by atoms with E-state index in [1.165, 1.54) is 4.90 Å². The minimum atomic E-state index is -0.104. The molecule has 0 heterocycles. The Morgan fingerprint density at radius 1 is 1.23 bits per heavy atom. The fraction of sp³-hybridized carbons (Fsp3) is 0.421. The number of likely N-dealkylation sites (N-methyl/N-ethyl adjacent to an activating group) is 1. The van der Waals surface area contributed by atoms with Crippen LogP contribution >= 0.6 is 0 Å². The summed E-state index contributed by atoms with van der Waals surface area (Å²) in [5.41, 5.74) is 2.65. The van der Waals surface area contributed by atoms with E-state index in [0.29, 0.717) is 24.6 Å². The average Bonchev–Trinajstić information content (AvgIpc) is 2.62. The Kier molecular flexibility index (Phi) is 8.91. The van der Waals surface area contributed by atoms with Crippen molar-refractivity contribution in [2.45, 2.75) is 13.3 Å². The topological polar surface area (TPSA) is 85.8 Å². The lowest BCUT2D eigenvalue weighted by atomic mass is 10.1. The van der Waals surface area contributed by atoms with Gasteiger partial charge in [-0.25, -0.2) is 4.99 Å². The molecule has 2 amide bonds. The van der Waals surface area contributed by atoms with E-state index >= 15 is 0 Å². The second-order valence-corrected chi connectivity index (χ2v) is 6.22. The highest BCUT2D eigenvalue weighted by molar-refractivity contribution is 5.94. The van der Waals surface area contributed by atoms with Crippen molar-refractivity contribution < 1.29 is 9.59 Å². The summed E-state index contributed by atoms with van der Waals surface area (Å²) in [6.07, 6.45) is 0.722. The Morgan fingerprint density at radius 2 is 1.96 bits per heavy atom. The zero-order valence-corrected chi connectivity index (χ0v) is 16.1. The summed E-state index contributed by atoms with van der Waals surface area (Å²) in [5.74, 6) is 0.387. The van der Waals surface area contributed by atoms with Gasteiger partial charge in [-0.15, -0.1) is 0 Å². The van der Waals surface area contributed by atoms with Crippen LogP contribution < -0.4 is 16.0 Å². The van der Waals surface area contributed by atoms with Gasteiger partial charge in [0.05, 0.1) is 0 Å². The summed E-state index contributed by atoms with van der Waals surface area (Å²) >= 11 is 0. The van der Waals surface area contributed by atoms with Crippen LogP contribution in [-0.2, 0) is 11.2 Å². The number of hydrogen-bond donors (Lipinski definition) is 3. The average molecular weight is 359 g/mol. The van der Waals surface area contributed by atoms with Gasteiger partial charge in [0.2, 0.25) is 5.91 Å². The first-order valence-corrected chi connectivity index (χ1v) is 8.51. The van der Waals surface area contributed by atoms with Crippen molar-refractivity contribution in [2.24, 2.45) is 4.99 Å². The zero-order chi connectivity index (χ0) is 19.5. The summed E-state index contributed by atoms with van der Waals surface area (Å²) in [4.78, 5) is 29.2. The van der Waals surface area contributed by atoms with Gasteiger partial charge in [-0.1, -0.05) is 24.3 Å². The number of carbonyl (C=O) groups is 2. The van der Waals surface area contributed by atoms with Gasteiger partial charge in [-0.3, -0.25) is 9.59 Å². The second kappa shape index (κ2) is 10.9. The van der Waals surface area contributed by atoms with Crippen LogP contribution in [0.5, 0.6) is 0 Å². The van der Waals surface area contributed by atoms with Gasteiger partial charge in [0.25, 0.3) is 5.91 Å². The number of benzene rings is 1. The number of carbonyl (C=O) groups excluding carboxylic acids is 2. The lowest BCUT2D eigenvalue weighted by Crippen LogP contribution is -2.40. The van der Waals surface area contributed by atoms with Crippen LogP contribution in [-0.4, -0.2) is 63.5 Å². The Labute approximate surface area is 155 Å². The number of amides is 2. The Bertz CT molecular complexity index is 668. The van der Waals surface area contributed by atoms with Gasteiger partial charge in [0.1, 0.15) is 6.54 Å². The smallest absolute Gasteiger partial charge is 0.251 e. The van der Waals surface area contributed by atoms with Crippen molar-refractivity contribution in [3.8, 4) is 0 Å². The predicted molar refractivity (Wildman–Crippen MR) is 105 cm³/mol. The highest BCUT2D eigenvalue weighted by Gasteiger charge is 2.06. The van der Waals surface area contributed by atoms with Crippen LogP contribution in [0.15, 0.2) is 41.4 Å². The molecule has 0 spiro atoms. The molecule has 0 aliphatic rings. The standard InChI is InChI=1S/C19H29N5O2/c1-14(2)12-22-19(23-13-17(25)24(4)5)21-10-9-15-7-6-8-16(11-15)18(26)20-3/h6-8,11H,1,9-10,12-13H2,2-5H3,(H,20,26)(H2,21,22,23). The highest BCUT2D eigenvalue weighted by atomic mass is 16.2. The van der Waals surface area contributed by atoms with Crippen molar-refractivity contribution in [3.63, 3.8) is 0 Å². The Balaban J connectivity index is 2.65. The van der Waals surface area contributed by atoms with E-state index in [1.54, 1.807) is 27.2 Å². The summed E-state index contributed by atoms with van der Waals surface area (Å²) in [7, 11) is 5.01. The molecule has 7 heteroatoms. The predicted octanol–water partition coefficient (Wildman–Crippen LogP) is 0.788. The van der Waals surface area contributed by atoms with Crippen LogP contribution in [0, 0.1) is 0 Å². The third-order valence-corrected chi connectivity index (χ3v) is 3.55. The van der Waals surface area contributed by atoms with E-state index < -0.39 is 0 Å². The number of aliphatic imine (C=N–C) groups is 1. The molecule has 0 aliphatic heterocycles. The number of nitrogens with one attached hydrogen (secondary N) is 3. The van der Waals surface area contributed by atoms with Crippen LogP contribution in [0.3, 0.4) is 0 Å². The van der Waals surface area contributed by atoms with Crippen LogP contribution in [0.25, 0.3) is 0 Å². The van der Waals surface area contributed by atoms with Crippen LogP contribution in [0.2, 0.25) is 0 Å². The molecule has 0 atom stereocenters. The van der Waals surface area contributed by atoms with Gasteiger partial charge in [-0.05, 0) is 31.0 Å². The highest BCUT2D eigenvalue weighted by Crippen LogP contribution is 2.05. The first-order chi connectivity index (χ1) is 12.3. The molecule has 1 aromatic carbocycles. The summed E-state index contributed by atoms with van der Waals surface area (Å²) < 4.78 is 0. The van der Waals surface area contributed by atoms with Gasteiger partial charge >= 0.3 is 0 Å². The van der Waals surface area contributed by atoms with E-state index in [0.717, 1.165) is 17.6 Å². The maximum atomic E-state index is 11.7. The number of nitrogens with zero attached hydrogens (tertiary/aromatic N) is 2. The number of rotatable bonds is 8. The largest absolute Gasteiger partial charge is 0.356 e. The maximum absolute atomic E-state index is 11.7. The van der Waals surface area contributed by atoms with Crippen LogP contribution in [0.4, 0.5) is 0 Å². The molecule has 0 fully saturated rings. The molecule has 0 radical (unpaired) electrons. The number of hydrogen-bond acceptors (Lipinski definition) is 3. The van der Waals surface area contributed by atoms with Crippen molar-refractivity contribution in [1.29, 1.82) is 0 Å². The third-order valence-electron chi connectivity index (χ3n) is 3.55. The molecule has 0 aromatic heterocycles. The molecule has 142 valence electrons. The Hall–Kier alpha value is -2.83. The minimum absolute atomic E-state index is 0.0697. The van der Waals surface area contributed by atoms with Crippen LogP contribution in [0.1, 0.15) is 22.8 Å². The van der Waals surface area contributed by atoms with Crippen molar-refractivity contribution in [1.82, 2.24) is 20.9 Å². The molecule has 7 nitrogen and oxygen atoms in total. The van der Waals surface area contributed by atoms with Gasteiger partial charge < -0.3 is 20.9 Å². The maximum Gasteiger partial charge on any atom is 0.251 e. The lowest BCUT2D eigenvalue weighted by Gasteiger charge is -2.14. The molecule has 0 saturated heterocycles. The summed E-state index contributed by atoms with van der Waals surface area (Å²) in [6, 6.07) is 7.49. The summed E-state index contributed by atoms with van der Waals surface area (Å²) in [5, 5.41) is 8.97. The van der Waals surface area contributed by atoms with Gasteiger partial charge in [-0.2, -0.15) is 0 Å². The van der Waals surface area contributed by atoms with E-state index in [-0.39, 0.29) is 18.4 Å². The quantitative estimate of drug-likeness (QED) is 0.364. The zero-order valence-electron chi connectivity index (χ0n) is 16.1. The normalized spacial score (nSPS) is 10.8. The molecule has 0 saturated carbocycles. The molecule has 0 unspecified atom stereocenters. The first-order valence-electron chi connectivity index (χ1n) is 8.51. The molecule has 26 heavy (non-hydrogen) atoms. The molecule has 0 aliphatic carbocycles. The number of guanidine groups is 1. The SMILES string of the molecule is C=C(C)CNC(=NCC(=O)N(C)C)NCCc1cccc(C(=O)NC)c1. The molecule has 3 N–H and O–H groups in total. The van der Waals surface area contributed by atoms with E-state index in [4.69, 9.17) is 0 Å².